The summed E-state index contributed by atoms with van der Waals surface area (Å²) < 4.78 is 32.3. The zero-order valence-corrected chi connectivity index (χ0v) is 21.3. The van der Waals surface area contributed by atoms with E-state index in [2.05, 4.69) is 41.2 Å². The van der Waals surface area contributed by atoms with Crippen LogP contribution in [0.1, 0.15) is 28.8 Å². The van der Waals surface area contributed by atoms with Gasteiger partial charge in [0.25, 0.3) is 11.6 Å². The van der Waals surface area contributed by atoms with Crippen molar-refractivity contribution in [1.82, 2.24) is 14.8 Å². The molecule has 2 aromatic rings. The summed E-state index contributed by atoms with van der Waals surface area (Å²) in [5.41, 5.74) is 1.64. The lowest BCUT2D eigenvalue weighted by molar-refractivity contribution is -0.384. The molecule has 36 heavy (non-hydrogen) atoms. The van der Waals surface area contributed by atoms with E-state index in [1.807, 2.05) is 13.1 Å². The summed E-state index contributed by atoms with van der Waals surface area (Å²) in [5.74, 6) is -0.715. The number of alkyl halides is 2. The molecule has 3 heterocycles. The molecule has 2 aliphatic heterocycles. The largest absolute Gasteiger partial charge is 0.387 e. The Kier molecular flexibility index (Phi) is 8.00. The number of morpholine rings is 1. The van der Waals surface area contributed by atoms with Crippen LogP contribution in [0, 0.1) is 10.1 Å². The maximum absolute atomic E-state index is 13.8. The Hall–Kier alpha value is -2.90. The topological polar surface area (TPSA) is 113 Å². The van der Waals surface area contributed by atoms with E-state index >= 15 is 0 Å². The Morgan fingerprint density at radius 1 is 1.33 bits per heavy atom. The number of aromatic nitrogens is 1. The lowest BCUT2D eigenvalue weighted by Crippen LogP contribution is -2.49. The zero-order valence-electron chi connectivity index (χ0n) is 19.7. The Bertz CT molecular complexity index is 1140. The molecule has 13 heteroatoms. The molecule has 1 amide bonds. The van der Waals surface area contributed by atoms with E-state index < -0.39 is 23.5 Å². The number of rotatable bonds is 7. The highest BCUT2D eigenvalue weighted by molar-refractivity contribution is 9.10. The second-order valence-corrected chi connectivity index (χ2v) is 9.78. The average Bonchev–Trinajstić information content (AvgIpc) is 2.84. The summed E-state index contributed by atoms with van der Waals surface area (Å²) in [5, 5.41) is 18.2. The number of ether oxygens (including phenoxy) is 1. The van der Waals surface area contributed by atoms with Gasteiger partial charge < -0.3 is 20.3 Å². The molecule has 0 spiro atoms. The minimum absolute atomic E-state index is 0.0307. The molecule has 2 saturated heterocycles. The number of benzene rings is 1. The quantitative estimate of drug-likeness (QED) is 0.381. The van der Waals surface area contributed by atoms with Gasteiger partial charge >= 0.3 is 6.11 Å². The predicted molar refractivity (Wildman–Crippen MR) is 133 cm³/mol. The number of carbonyl (C=O) groups excluding carboxylic acids is 1. The molecule has 0 radical (unpaired) electrons. The maximum atomic E-state index is 13.8. The van der Waals surface area contributed by atoms with Crippen LogP contribution in [0.25, 0.3) is 0 Å². The zero-order chi connectivity index (χ0) is 25.9. The fourth-order valence-corrected chi connectivity index (χ4v) is 4.99. The molecular weight excluding hydrogens is 542 g/mol. The first-order valence-electron chi connectivity index (χ1n) is 11.5. The van der Waals surface area contributed by atoms with Crippen LogP contribution in [0.4, 0.5) is 25.8 Å². The van der Waals surface area contributed by atoms with Crippen LogP contribution in [0.2, 0.25) is 0 Å². The number of anilines is 2. The van der Waals surface area contributed by atoms with Gasteiger partial charge in [0.1, 0.15) is 12.2 Å². The minimum Gasteiger partial charge on any atom is -0.387 e. The smallest absolute Gasteiger partial charge is 0.373 e. The van der Waals surface area contributed by atoms with Gasteiger partial charge in [-0.2, -0.15) is 8.78 Å². The third kappa shape index (κ3) is 6.26. The summed E-state index contributed by atoms with van der Waals surface area (Å²) in [7, 11) is 1.82. The number of hydrogen-bond acceptors (Lipinski definition) is 8. The molecule has 0 aliphatic carbocycles. The Labute approximate surface area is 215 Å². The van der Waals surface area contributed by atoms with Crippen molar-refractivity contribution in [2.75, 3.05) is 50.5 Å². The van der Waals surface area contributed by atoms with E-state index in [-0.39, 0.29) is 36.1 Å². The number of piperidine rings is 1. The molecule has 1 aromatic carbocycles. The summed E-state index contributed by atoms with van der Waals surface area (Å²) in [6, 6.07) is 4.57. The maximum Gasteiger partial charge on any atom is 0.373 e. The molecule has 4 rings (SSSR count). The second kappa shape index (κ2) is 11.0. The number of likely N-dealkylation sites (tertiary alicyclic amines) is 1. The first kappa shape index (κ1) is 26.2. The molecule has 2 fully saturated rings. The van der Waals surface area contributed by atoms with E-state index in [0.29, 0.717) is 17.6 Å². The highest BCUT2D eigenvalue weighted by Gasteiger charge is 2.40. The average molecular weight is 569 g/mol. The number of nitrogens with zero attached hydrogens (tertiary/aromatic N) is 4. The molecule has 0 bridgehead atoms. The van der Waals surface area contributed by atoms with Gasteiger partial charge in [-0.05, 0) is 37.1 Å². The Morgan fingerprint density at radius 3 is 2.86 bits per heavy atom. The first-order chi connectivity index (χ1) is 17.1. The van der Waals surface area contributed by atoms with Crippen LogP contribution in [-0.2, 0) is 11.3 Å². The van der Waals surface area contributed by atoms with Crippen molar-refractivity contribution in [1.29, 1.82) is 0 Å². The lowest BCUT2D eigenvalue weighted by atomic mass is 10.0. The summed E-state index contributed by atoms with van der Waals surface area (Å²) >= 11 is 3.22. The molecule has 0 unspecified atom stereocenters. The van der Waals surface area contributed by atoms with Crippen molar-refractivity contribution in [3.05, 3.63) is 56.3 Å². The molecule has 194 valence electrons. The third-order valence-corrected chi connectivity index (χ3v) is 6.65. The standard InChI is InChI=1S/C23H27BrF2N6O4/c1-27-18-7-15(10-28-11-18)12-30-4-2-3-17(13-30)29-21-19(8-16(24)9-20(21)32(34)35)22(33)31-5-6-36-23(25,26)14-31/h7-11,17,27,29H,2-6,12-14H2,1H3/t17-/m1/s1. The molecule has 2 N–H and O–H groups in total. The predicted octanol–water partition coefficient (Wildman–Crippen LogP) is 3.94. The molecule has 1 atom stereocenters. The molecular formula is C23H27BrF2N6O4. The molecule has 1 aromatic heterocycles. The number of amides is 1. The minimum atomic E-state index is -3.47. The van der Waals surface area contributed by atoms with Gasteiger partial charge in [0.15, 0.2) is 0 Å². The van der Waals surface area contributed by atoms with Gasteiger partial charge in [-0.15, -0.1) is 0 Å². The van der Waals surface area contributed by atoms with Gasteiger partial charge in [0.2, 0.25) is 0 Å². The van der Waals surface area contributed by atoms with Crippen molar-refractivity contribution in [2.24, 2.45) is 0 Å². The van der Waals surface area contributed by atoms with Crippen LogP contribution in [0.15, 0.2) is 35.1 Å². The van der Waals surface area contributed by atoms with Crippen molar-refractivity contribution in [2.45, 2.75) is 31.5 Å². The van der Waals surface area contributed by atoms with Crippen molar-refractivity contribution < 1.29 is 23.2 Å². The number of halogens is 3. The number of hydrogen-bond donors (Lipinski definition) is 2. The number of pyridine rings is 1. The van der Waals surface area contributed by atoms with Gasteiger partial charge in [-0.3, -0.25) is 24.8 Å². The summed E-state index contributed by atoms with van der Waals surface area (Å²) in [4.78, 5) is 32.0. The lowest BCUT2D eigenvalue weighted by Gasteiger charge is -2.35. The van der Waals surface area contributed by atoms with Gasteiger partial charge in [0.05, 0.1) is 22.8 Å². The normalized spacial score (nSPS) is 20.1. The van der Waals surface area contributed by atoms with E-state index in [4.69, 9.17) is 0 Å². The van der Waals surface area contributed by atoms with Crippen molar-refractivity contribution in [3.63, 3.8) is 0 Å². The van der Waals surface area contributed by atoms with E-state index in [9.17, 15) is 23.7 Å². The Morgan fingerprint density at radius 2 is 2.14 bits per heavy atom. The van der Waals surface area contributed by atoms with E-state index in [1.165, 1.54) is 12.1 Å². The highest BCUT2D eigenvalue weighted by Crippen LogP contribution is 2.35. The van der Waals surface area contributed by atoms with Crippen LogP contribution < -0.4 is 10.6 Å². The SMILES string of the molecule is CNc1cncc(CN2CCC[C@@H](Nc3c(C(=O)N4CCOC(F)(F)C4)cc(Br)cc3[N+](=O)[O-])C2)c1. The number of nitro groups is 1. The van der Waals surface area contributed by atoms with Crippen molar-refractivity contribution >= 4 is 38.9 Å². The van der Waals surface area contributed by atoms with Crippen LogP contribution in [0.5, 0.6) is 0 Å². The number of carbonyl (C=O) groups is 1. The fourth-order valence-electron chi connectivity index (χ4n) is 4.54. The third-order valence-electron chi connectivity index (χ3n) is 6.19. The van der Waals surface area contributed by atoms with Crippen LogP contribution in [0.3, 0.4) is 0 Å². The van der Waals surface area contributed by atoms with E-state index in [1.54, 1.807) is 12.4 Å². The first-order valence-corrected chi connectivity index (χ1v) is 12.3. The summed E-state index contributed by atoms with van der Waals surface area (Å²) in [6.45, 7) is 0.809. The van der Waals surface area contributed by atoms with Crippen molar-refractivity contribution in [3.8, 4) is 0 Å². The number of nitro benzene ring substituents is 1. The van der Waals surface area contributed by atoms with Gasteiger partial charge in [-0.1, -0.05) is 15.9 Å². The molecule has 10 nitrogen and oxygen atoms in total. The van der Waals surface area contributed by atoms with Crippen LogP contribution in [-0.4, -0.2) is 77.6 Å². The second-order valence-electron chi connectivity index (χ2n) is 8.87. The fraction of sp³-hybridized carbons (Fsp3) is 0.478. The Balaban J connectivity index is 1.57. The van der Waals surface area contributed by atoms with Crippen LogP contribution >= 0.6 is 15.9 Å². The van der Waals surface area contributed by atoms with E-state index in [0.717, 1.165) is 35.5 Å². The molecule has 0 saturated carbocycles. The molecule has 2 aliphatic rings. The monoisotopic (exact) mass is 568 g/mol. The highest BCUT2D eigenvalue weighted by atomic mass is 79.9. The van der Waals surface area contributed by atoms with Gasteiger partial charge in [-0.25, -0.2) is 0 Å². The number of nitrogens with one attached hydrogen (secondary N) is 2. The van der Waals surface area contributed by atoms with Gasteiger partial charge in [0, 0.05) is 55.7 Å². The summed E-state index contributed by atoms with van der Waals surface area (Å²) in [6.07, 6.45) is 1.65.